The zero-order valence-corrected chi connectivity index (χ0v) is 12.8. The second-order valence-corrected chi connectivity index (χ2v) is 4.49. The summed E-state index contributed by atoms with van der Waals surface area (Å²) in [6.07, 6.45) is 0. The first-order valence-electron chi connectivity index (χ1n) is 6.83. The van der Waals surface area contributed by atoms with Crippen LogP contribution in [0.15, 0.2) is 24.3 Å². The molecule has 1 aromatic carbocycles. The number of hydrogen-bond acceptors (Lipinski definition) is 4. The predicted molar refractivity (Wildman–Crippen MR) is 83.1 cm³/mol. The number of likely N-dealkylation sites (N-methyl/N-ethyl adjacent to an activating group) is 1. The molecule has 1 aromatic rings. The van der Waals surface area contributed by atoms with E-state index in [2.05, 4.69) is 18.7 Å². The fraction of sp³-hybridized carbons (Fsp3) is 0.533. The number of benzene rings is 1. The van der Waals surface area contributed by atoms with Gasteiger partial charge in [-0.15, -0.1) is 0 Å². The first-order valence-corrected chi connectivity index (χ1v) is 7.24. The van der Waals surface area contributed by atoms with Crippen molar-refractivity contribution in [3.8, 4) is 5.75 Å². The standard InChI is InChI=1S/C15H23NO2S/c1-4-16(5-2)11-12-18-15(19)13-7-9-14(10-8-13)17-6-3/h7-10H,4-6,11-12H2,1-3H3. The van der Waals surface area contributed by atoms with E-state index in [0.717, 1.165) is 30.9 Å². The van der Waals surface area contributed by atoms with Gasteiger partial charge in [-0.1, -0.05) is 13.8 Å². The van der Waals surface area contributed by atoms with Crippen molar-refractivity contribution in [1.82, 2.24) is 4.90 Å². The summed E-state index contributed by atoms with van der Waals surface area (Å²) in [6.45, 7) is 10.5. The third-order valence-electron chi connectivity index (χ3n) is 2.94. The molecule has 3 nitrogen and oxygen atoms in total. The lowest BCUT2D eigenvalue weighted by molar-refractivity contribution is 0.219. The lowest BCUT2D eigenvalue weighted by Gasteiger charge is -2.18. The molecule has 0 fully saturated rings. The van der Waals surface area contributed by atoms with Crippen molar-refractivity contribution in [2.45, 2.75) is 20.8 Å². The smallest absolute Gasteiger partial charge is 0.191 e. The topological polar surface area (TPSA) is 21.7 Å². The van der Waals surface area contributed by atoms with E-state index in [0.29, 0.717) is 18.3 Å². The fourth-order valence-corrected chi connectivity index (χ4v) is 1.96. The van der Waals surface area contributed by atoms with E-state index in [1.54, 1.807) is 0 Å². The Kier molecular flexibility index (Phi) is 7.45. The van der Waals surface area contributed by atoms with Crippen LogP contribution in [0.1, 0.15) is 26.3 Å². The Morgan fingerprint density at radius 2 is 1.74 bits per heavy atom. The van der Waals surface area contributed by atoms with Crippen LogP contribution in [-0.2, 0) is 4.74 Å². The Bertz CT molecular complexity index is 374. The Morgan fingerprint density at radius 1 is 1.11 bits per heavy atom. The minimum absolute atomic E-state index is 0.551. The first-order chi connectivity index (χ1) is 9.21. The van der Waals surface area contributed by atoms with Gasteiger partial charge in [0.05, 0.1) is 6.61 Å². The Hall–Kier alpha value is -1.13. The molecule has 0 aliphatic heterocycles. The highest BCUT2D eigenvalue weighted by Gasteiger charge is 2.04. The van der Waals surface area contributed by atoms with Gasteiger partial charge in [-0.25, -0.2) is 0 Å². The number of rotatable bonds is 8. The number of thiocarbonyl (C=S) groups is 1. The van der Waals surface area contributed by atoms with E-state index in [-0.39, 0.29) is 0 Å². The lowest BCUT2D eigenvalue weighted by Crippen LogP contribution is -2.27. The molecule has 0 unspecified atom stereocenters. The molecule has 19 heavy (non-hydrogen) atoms. The average Bonchev–Trinajstić information content (AvgIpc) is 2.44. The third-order valence-corrected chi connectivity index (χ3v) is 3.29. The average molecular weight is 281 g/mol. The zero-order chi connectivity index (χ0) is 14.1. The number of ether oxygens (including phenoxy) is 2. The van der Waals surface area contributed by atoms with Gasteiger partial charge >= 0.3 is 0 Å². The van der Waals surface area contributed by atoms with Gasteiger partial charge in [0.2, 0.25) is 0 Å². The third kappa shape index (κ3) is 5.57. The van der Waals surface area contributed by atoms with E-state index in [1.807, 2.05) is 31.2 Å². The molecule has 0 saturated carbocycles. The molecule has 0 aromatic heterocycles. The molecule has 0 spiro atoms. The fourth-order valence-electron chi connectivity index (χ4n) is 1.74. The van der Waals surface area contributed by atoms with Gasteiger partial charge in [-0.3, -0.25) is 0 Å². The summed E-state index contributed by atoms with van der Waals surface area (Å²) in [5.74, 6) is 0.859. The summed E-state index contributed by atoms with van der Waals surface area (Å²) < 4.78 is 11.0. The normalized spacial score (nSPS) is 10.5. The Labute approximate surface area is 121 Å². The summed E-state index contributed by atoms with van der Waals surface area (Å²) >= 11 is 5.27. The Morgan fingerprint density at radius 3 is 2.26 bits per heavy atom. The van der Waals surface area contributed by atoms with Crippen LogP contribution in [0, 0.1) is 0 Å². The van der Waals surface area contributed by atoms with Gasteiger partial charge in [0.15, 0.2) is 5.05 Å². The van der Waals surface area contributed by atoms with Crippen molar-refractivity contribution in [2.75, 3.05) is 32.8 Å². The quantitative estimate of drug-likeness (QED) is 0.682. The molecule has 106 valence electrons. The zero-order valence-electron chi connectivity index (χ0n) is 12.0. The van der Waals surface area contributed by atoms with Crippen LogP contribution in [0.5, 0.6) is 5.75 Å². The molecule has 0 amide bonds. The largest absolute Gasteiger partial charge is 0.494 e. The van der Waals surface area contributed by atoms with E-state index < -0.39 is 0 Å². The van der Waals surface area contributed by atoms with Crippen LogP contribution < -0.4 is 4.74 Å². The van der Waals surface area contributed by atoms with Crippen LogP contribution in [0.2, 0.25) is 0 Å². The highest BCUT2D eigenvalue weighted by Crippen LogP contribution is 2.13. The van der Waals surface area contributed by atoms with Crippen molar-refractivity contribution < 1.29 is 9.47 Å². The van der Waals surface area contributed by atoms with Crippen LogP contribution in [0.3, 0.4) is 0 Å². The molecule has 0 aliphatic rings. The van der Waals surface area contributed by atoms with Crippen LogP contribution in [0.4, 0.5) is 0 Å². The molecular weight excluding hydrogens is 258 g/mol. The molecule has 4 heteroatoms. The molecule has 0 atom stereocenters. The summed E-state index contributed by atoms with van der Waals surface area (Å²) in [5.41, 5.74) is 0.929. The van der Waals surface area contributed by atoms with Gasteiger partial charge in [-0.05, 0) is 56.5 Å². The summed E-state index contributed by atoms with van der Waals surface area (Å²) in [7, 11) is 0. The van der Waals surface area contributed by atoms with E-state index in [9.17, 15) is 0 Å². The summed E-state index contributed by atoms with van der Waals surface area (Å²) in [6, 6.07) is 7.70. The minimum Gasteiger partial charge on any atom is -0.494 e. The van der Waals surface area contributed by atoms with E-state index >= 15 is 0 Å². The minimum atomic E-state index is 0.551. The molecule has 0 radical (unpaired) electrons. The molecule has 1 rings (SSSR count). The van der Waals surface area contributed by atoms with E-state index in [4.69, 9.17) is 21.7 Å². The predicted octanol–water partition coefficient (Wildman–Crippen LogP) is 3.12. The van der Waals surface area contributed by atoms with Crippen molar-refractivity contribution in [2.24, 2.45) is 0 Å². The van der Waals surface area contributed by atoms with Crippen LogP contribution in [-0.4, -0.2) is 42.8 Å². The van der Waals surface area contributed by atoms with Crippen LogP contribution in [0.25, 0.3) is 0 Å². The SMILES string of the molecule is CCOc1ccc(C(=S)OCCN(CC)CC)cc1. The van der Waals surface area contributed by atoms with Crippen molar-refractivity contribution in [3.05, 3.63) is 29.8 Å². The van der Waals surface area contributed by atoms with Crippen molar-refractivity contribution in [3.63, 3.8) is 0 Å². The van der Waals surface area contributed by atoms with Crippen molar-refractivity contribution in [1.29, 1.82) is 0 Å². The maximum absolute atomic E-state index is 5.61. The van der Waals surface area contributed by atoms with Crippen LogP contribution >= 0.6 is 12.2 Å². The maximum Gasteiger partial charge on any atom is 0.191 e. The molecule has 0 bridgehead atoms. The van der Waals surface area contributed by atoms with Gasteiger partial charge in [0.1, 0.15) is 12.4 Å². The number of nitrogens with zero attached hydrogens (tertiary/aromatic N) is 1. The second kappa shape index (κ2) is 8.88. The summed E-state index contributed by atoms with van der Waals surface area (Å²) in [4.78, 5) is 2.31. The highest BCUT2D eigenvalue weighted by molar-refractivity contribution is 7.80. The maximum atomic E-state index is 5.61. The first kappa shape index (κ1) is 15.9. The van der Waals surface area contributed by atoms with E-state index in [1.165, 1.54) is 0 Å². The monoisotopic (exact) mass is 281 g/mol. The summed E-state index contributed by atoms with van der Waals surface area (Å²) in [5, 5.41) is 0.551. The van der Waals surface area contributed by atoms with Crippen molar-refractivity contribution >= 4 is 17.3 Å². The van der Waals surface area contributed by atoms with Gasteiger partial charge in [0, 0.05) is 12.1 Å². The van der Waals surface area contributed by atoms with Gasteiger partial charge in [-0.2, -0.15) is 0 Å². The molecule has 0 saturated heterocycles. The Balaban J connectivity index is 2.40. The van der Waals surface area contributed by atoms with Gasteiger partial charge in [0.25, 0.3) is 0 Å². The molecular formula is C15H23NO2S. The van der Waals surface area contributed by atoms with Gasteiger partial charge < -0.3 is 14.4 Å². The molecule has 0 N–H and O–H groups in total. The number of hydrogen-bond donors (Lipinski definition) is 0. The highest BCUT2D eigenvalue weighted by atomic mass is 32.1. The molecule has 0 heterocycles. The lowest BCUT2D eigenvalue weighted by atomic mass is 10.2. The second-order valence-electron chi connectivity index (χ2n) is 4.12. The molecule has 0 aliphatic carbocycles.